The van der Waals surface area contributed by atoms with Crippen molar-refractivity contribution in [3.05, 3.63) is 188 Å². The Kier molecular flexibility index (Phi) is 8.54. The summed E-state index contributed by atoms with van der Waals surface area (Å²) in [5, 5.41) is 3.54. The molecule has 7 aromatic carbocycles. The van der Waals surface area contributed by atoms with Gasteiger partial charge in [0.25, 0.3) is 6.33 Å². The second-order valence-electron chi connectivity index (χ2n) is 15.6. The van der Waals surface area contributed by atoms with Crippen LogP contribution in [0.25, 0.3) is 83.4 Å². The summed E-state index contributed by atoms with van der Waals surface area (Å²) in [6.07, 6.45) is 5.49. The van der Waals surface area contributed by atoms with Crippen LogP contribution < -0.4 is 9.30 Å². The molecule has 0 saturated heterocycles. The number of hydrogen-bond donors (Lipinski definition) is 0. The van der Waals surface area contributed by atoms with Crippen LogP contribution in [-0.4, -0.2) is 14.1 Å². The first-order valence-corrected chi connectivity index (χ1v) is 19.3. The largest absolute Gasteiger partial charge is 0.510 e. The molecular formula is C52H36N4OPt-2. The van der Waals surface area contributed by atoms with Gasteiger partial charge in [0, 0.05) is 50.0 Å². The molecule has 3 heterocycles. The van der Waals surface area contributed by atoms with Crippen LogP contribution >= 0.6 is 0 Å². The van der Waals surface area contributed by atoms with Crippen LogP contribution in [0.4, 0.5) is 0 Å². The molecule has 6 heteroatoms. The number of fused-ring (bicyclic) bond motifs is 8. The van der Waals surface area contributed by atoms with Crippen molar-refractivity contribution in [2.45, 2.75) is 26.2 Å². The van der Waals surface area contributed by atoms with Crippen molar-refractivity contribution in [1.29, 1.82) is 0 Å². The van der Waals surface area contributed by atoms with Gasteiger partial charge in [-0.1, -0.05) is 129 Å². The number of ether oxygens (including phenoxy) is 1. The molecule has 3 aromatic heterocycles. The van der Waals surface area contributed by atoms with Gasteiger partial charge in [0.05, 0.1) is 16.7 Å². The molecular weight excluding hydrogens is 892 g/mol. The van der Waals surface area contributed by atoms with E-state index in [2.05, 4.69) is 158 Å². The Morgan fingerprint density at radius 1 is 0.638 bits per heavy atom. The Balaban J connectivity index is 0.00000408. The van der Waals surface area contributed by atoms with Gasteiger partial charge >= 0.3 is 0 Å². The maximum absolute atomic E-state index is 6.68. The summed E-state index contributed by atoms with van der Waals surface area (Å²) in [7, 11) is 0. The second-order valence-corrected chi connectivity index (χ2v) is 15.6. The normalized spacial score (nSPS) is 11.9. The van der Waals surface area contributed by atoms with E-state index in [-0.39, 0.29) is 26.5 Å². The van der Waals surface area contributed by atoms with Crippen LogP contribution in [0, 0.1) is 18.5 Å². The Hall–Kier alpha value is -6.55. The number of nitrogens with zero attached hydrogens (tertiary/aromatic N) is 4. The number of rotatable bonds is 5. The molecule has 10 aromatic rings. The van der Waals surface area contributed by atoms with Crippen LogP contribution in [-0.2, 0) is 26.5 Å². The molecule has 0 amide bonds. The summed E-state index contributed by atoms with van der Waals surface area (Å²) in [6, 6.07) is 62.4. The summed E-state index contributed by atoms with van der Waals surface area (Å²) >= 11 is 0. The first kappa shape index (κ1) is 35.8. The molecule has 282 valence electrons. The van der Waals surface area contributed by atoms with Gasteiger partial charge in [-0.25, -0.2) is 4.98 Å². The van der Waals surface area contributed by atoms with E-state index in [1.807, 2.05) is 59.3 Å². The van der Waals surface area contributed by atoms with Crippen molar-refractivity contribution >= 4 is 32.7 Å². The van der Waals surface area contributed by atoms with E-state index >= 15 is 0 Å². The first-order valence-electron chi connectivity index (χ1n) is 19.3. The zero-order chi connectivity index (χ0) is 38.3. The molecule has 1 aliphatic carbocycles. The van der Waals surface area contributed by atoms with E-state index in [0.29, 0.717) is 11.5 Å². The van der Waals surface area contributed by atoms with Crippen molar-refractivity contribution in [1.82, 2.24) is 14.1 Å². The molecule has 5 nitrogen and oxygen atoms in total. The molecule has 1 aliphatic rings. The van der Waals surface area contributed by atoms with E-state index in [1.165, 1.54) is 33.0 Å². The number of benzene rings is 7. The molecule has 0 bridgehead atoms. The third kappa shape index (κ3) is 5.72. The Labute approximate surface area is 351 Å². The third-order valence-corrected chi connectivity index (χ3v) is 11.1. The van der Waals surface area contributed by atoms with Crippen molar-refractivity contribution in [3.63, 3.8) is 0 Å². The van der Waals surface area contributed by atoms with Gasteiger partial charge in [-0.05, 0) is 74.0 Å². The fourth-order valence-corrected chi connectivity index (χ4v) is 8.47. The van der Waals surface area contributed by atoms with Gasteiger partial charge in [-0.2, -0.15) is 18.2 Å². The van der Waals surface area contributed by atoms with Crippen molar-refractivity contribution in [3.8, 4) is 62.2 Å². The predicted octanol–water partition coefficient (Wildman–Crippen LogP) is 12.2. The molecule has 0 spiro atoms. The van der Waals surface area contributed by atoms with Crippen LogP contribution in [0.3, 0.4) is 0 Å². The number of imidazole rings is 1. The fourth-order valence-electron chi connectivity index (χ4n) is 8.47. The smallest absolute Gasteiger partial charge is 0.268 e. The van der Waals surface area contributed by atoms with Crippen molar-refractivity contribution in [2.24, 2.45) is 0 Å². The zero-order valence-electron chi connectivity index (χ0n) is 32.1. The standard InChI is InChI=1S/C52H36N4O.Pt/c1-52(2,3)35-28-29-53-48(30-35)56-47-32-39(57-38-19-13-18-37(31-38)55-33-54(36-16-5-4-6-17-36)45-24-9-10-25-46(45)55)26-27-43(47)50-44-23-12-15-34-14-11-22-41(49(34)44)40-20-7-8-21-42(40)51(50)56;/h4-30H,1-3H3;/q-2;. The molecule has 0 aliphatic heterocycles. The summed E-state index contributed by atoms with van der Waals surface area (Å²) in [6.45, 7) is 6.72. The zero-order valence-corrected chi connectivity index (χ0v) is 34.4. The number of aromatic nitrogens is 4. The van der Waals surface area contributed by atoms with E-state index in [0.717, 1.165) is 55.9 Å². The molecule has 0 fully saturated rings. The minimum absolute atomic E-state index is 0. The van der Waals surface area contributed by atoms with Gasteiger partial charge in [0.15, 0.2) is 0 Å². The van der Waals surface area contributed by atoms with E-state index < -0.39 is 0 Å². The quantitative estimate of drug-likeness (QED) is 0.127. The van der Waals surface area contributed by atoms with Gasteiger partial charge in [0.2, 0.25) is 0 Å². The monoisotopic (exact) mass is 927 g/mol. The summed E-state index contributed by atoms with van der Waals surface area (Å²) in [4.78, 5) is 5.05. The Bertz CT molecular complexity index is 3200. The molecule has 0 unspecified atom stereocenters. The first-order chi connectivity index (χ1) is 27.9. The van der Waals surface area contributed by atoms with Crippen LogP contribution in [0.1, 0.15) is 26.3 Å². The number of pyridine rings is 1. The van der Waals surface area contributed by atoms with Gasteiger partial charge in [-0.3, -0.25) is 4.57 Å². The van der Waals surface area contributed by atoms with E-state index in [1.54, 1.807) is 0 Å². The average Bonchev–Trinajstić information content (AvgIpc) is 3.76. The SMILES string of the molecule is CC(C)(C)c1ccnc(-n2c3c(c4ccc(Oc5[c-]c(-n6[c-][n+](-c7ccccc7)c7ccccc76)ccc5)[c-]c42)-c2cccc4cccc(c24)-c2ccccc2-3)c1.[Pt]. The summed E-state index contributed by atoms with van der Waals surface area (Å²) in [5.41, 5.74) is 13.0. The molecule has 0 atom stereocenters. The van der Waals surface area contributed by atoms with Gasteiger partial charge < -0.3 is 13.9 Å². The van der Waals surface area contributed by atoms with E-state index in [4.69, 9.17) is 9.72 Å². The van der Waals surface area contributed by atoms with Gasteiger partial charge in [-0.15, -0.1) is 29.7 Å². The van der Waals surface area contributed by atoms with Crippen LogP contribution in [0.15, 0.2) is 164 Å². The Morgan fingerprint density at radius 2 is 1.34 bits per heavy atom. The van der Waals surface area contributed by atoms with Gasteiger partial charge in [0.1, 0.15) is 5.82 Å². The summed E-state index contributed by atoms with van der Waals surface area (Å²) < 4.78 is 13.1. The van der Waals surface area contributed by atoms with E-state index in [9.17, 15) is 0 Å². The third-order valence-electron chi connectivity index (χ3n) is 11.1. The maximum atomic E-state index is 6.68. The molecule has 58 heavy (non-hydrogen) atoms. The number of hydrogen-bond acceptors (Lipinski definition) is 2. The molecule has 0 N–H and O–H groups in total. The molecule has 0 saturated carbocycles. The number of para-hydroxylation sites is 3. The average molecular weight is 928 g/mol. The molecule has 11 rings (SSSR count). The van der Waals surface area contributed by atoms with Crippen molar-refractivity contribution in [2.75, 3.05) is 0 Å². The van der Waals surface area contributed by atoms with Crippen LogP contribution in [0.5, 0.6) is 11.5 Å². The Morgan fingerprint density at radius 3 is 2.17 bits per heavy atom. The maximum Gasteiger partial charge on any atom is 0.268 e. The fraction of sp³-hybridized carbons (Fsp3) is 0.0769. The minimum Gasteiger partial charge on any atom is -0.510 e. The molecule has 0 radical (unpaired) electrons. The van der Waals surface area contributed by atoms with Crippen molar-refractivity contribution < 1.29 is 30.4 Å². The second kappa shape index (κ2) is 13.8. The topological polar surface area (TPSA) is 35.9 Å². The summed E-state index contributed by atoms with van der Waals surface area (Å²) in [5.74, 6) is 2.01. The van der Waals surface area contributed by atoms with Crippen LogP contribution in [0.2, 0.25) is 0 Å². The predicted molar refractivity (Wildman–Crippen MR) is 229 cm³/mol. The minimum atomic E-state index is -0.0704.